The van der Waals surface area contributed by atoms with Crippen LogP contribution in [0, 0.1) is 10.1 Å². The van der Waals surface area contributed by atoms with Crippen molar-refractivity contribution in [1.82, 2.24) is 9.55 Å². The van der Waals surface area contributed by atoms with E-state index < -0.39 is 22.6 Å². The molecule has 0 bridgehead atoms. The molecule has 0 aliphatic heterocycles. The molecule has 0 saturated heterocycles. The predicted molar refractivity (Wildman–Crippen MR) is 103 cm³/mol. The topological polar surface area (TPSA) is 90.1 Å². The SMILES string of the molecule is CC(Sc1nc2ccccc2n1C(F)F)C(=O)Nc1ccc([N+](=O)[O-])cc1Cl. The van der Waals surface area contributed by atoms with Crippen molar-refractivity contribution in [2.45, 2.75) is 23.9 Å². The molecule has 146 valence electrons. The van der Waals surface area contributed by atoms with Gasteiger partial charge in [0.15, 0.2) is 5.16 Å². The molecule has 1 heterocycles. The fraction of sp³-hybridized carbons (Fsp3) is 0.176. The zero-order chi connectivity index (χ0) is 20.4. The number of benzene rings is 2. The quantitative estimate of drug-likeness (QED) is 0.336. The Morgan fingerprint density at radius 3 is 2.68 bits per heavy atom. The standard InChI is InChI=1S/C17H13ClF2N4O3S/c1-9(15(25)21-12-7-6-10(24(26)27)8-11(12)18)28-17-22-13-4-2-3-5-14(13)23(17)16(19)20/h2-9,16H,1H3,(H,21,25). The number of carbonyl (C=O) groups excluding carboxylic acids is 1. The number of fused-ring (bicyclic) bond motifs is 1. The van der Waals surface area contributed by atoms with Crippen LogP contribution >= 0.6 is 23.4 Å². The third-order valence-electron chi connectivity index (χ3n) is 3.83. The number of nitro benzene ring substituents is 1. The van der Waals surface area contributed by atoms with Gasteiger partial charge in [-0.2, -0.15) is 8.78 Å². The largest absolute Gasteiger partial charge is 0.324 e. The number of alkyl halides is 2. The molecule has 0 aliphatic rings. The number of aromatic nitrogens is 2. The maximum absolute atomic E-state index is 13.5. The van der Waals surface area contributed by atoms with E-state index in [0.29, 0.717) is 5.52 Å². The predicted octanol–water partition coefficient (Wildman–Crippen LogP) is 5.11. The van der Waals surface area contributed by atoms with Crippen molar-refractivity contribution in [3.05, 3.63) is 57.6 Å². The van der Waals surface area contributed by atoms with Crippen LogP contribution in [0.4, 0.5) is 20.2 Å². The molecule has 0 fully saturated rings. The summed E-state index contributed by atoms with van der Waals surface area (Å²) in [5.41, 5.74) is 0.644. The van der Waals surface area contributed by atoms with Crippen LogP contribution in [-0.4, -0.2) is 25.6 Å². The lowest BCUT2D eigenvalue weighted by atomic mass is 10.2. The first-order valence-corrected chi connectivity index (χ1v) is 9.20. The maximum atomic E-state index is 13.5. The number of hydrogen-bond donors (Lipinski definition) is 1. The second-order valence-electron chi connectivity index (χ2n) is 5.70. The minimum atomic E-state index is -2.81. The van der Waals surface area contributed by atoms with Crippen LogP contribution < -0.4 is 5.32 Å². The minimum Gasteiger partial charge on any atom is -0.324 e. The number of non-ortho nitro benzene ring substituents is 1. The molecule has 0 spiro atoms. The van der Waals surface area contributed by atoms with Crippen LogP contribution in [0.2, 0.25) is 5.02 Å². The van der Waals surface area contributed by atoms with Crippen molar-refractivity contribution in [2.75, 3.05) is 5.32 Å². The van der Waals surface area contributed by atoms with E-state index in [4.69, 9.17) is 11.6 Å². The number of hydrogen-bond acceptors (Lipinski definition) is 5. The molecule has 1 unspecified atom stereocenters. The smallest absolute Gasteiger partial charge is 0.321 e. The molecule has 11 heteroatoms. The van der Waals surface area contributed by atoms with Gasteiger partial charge in [-0.05, 0) is 25.1 Å². The molecule has 1 N–H and O–H groups in total. The Morgan fingerprint density at radius 2 is 2.04 bits per heavy atom. The average molecular weight is 427 g/mol. The van der Waals surface area contributed by atoms with Gasteiger partial charge in [-0.25, -0.2) is 4.98 Å². The van der Waals surface area contributed by atoms with Gasteiger partial charge in [0.25, 0.3) is 5.69 Å². The summed E-state index contributed by atoms with van der Waals surface area (Å²) in [4.78, 5) is 26.8. The normalized spacial score (nSPS) is 12.3. The highest BCUT2D eigenvalue weighted by Gasteiger charge is 2.23. The molecule has 1 atom stereocenters. The summed E-state index contributed by atoms with van der Waals surface area (Å²) in [6, 6.07) is 10.1. The zero-order valence-electron chi connectivity index (χ0n) is 14.3. The fourth-order valence-corrected chi connectivity index (χ4v) is 3.61. The van der Waals surface area contributed by atoms with Gasteiger partial charge >= 0.3 is 6.55 Å². The molecular formula is C17H13ClF2N4O3S. The molecule has 3 aromatic rings. The lowest BCUT2D eigenvalue weighted by molar-refractivity contribution is -0.384. The Hall–Kier alpha value is -2.72. The number of halogens is 3. The van der Waals surface area contributed by atoms with E-state index >= 15 is 0 Å². The number of nitrogens with one attached hydrogen (secondary N) is 1. The van der Waals surface area contributed by atoms with Gasteiger partial charge in [0.2, 0.25) is 5.91 Å². The van der Waals surface area contributed by atoms with Crippen LogP contribution in [-0.2, 0) is 4.79 Å². The van der Waals surface area contributed by atoms with Crippen molar-refractivity contribution in [3.8, 4) is 0 Å². The Balaban J connectivity index is 1.79. The molecular weight excluding hydrogens is 414 g/mol. The van der Waals surface area contributed by atoms with Crippen LogP contribution in [0.3, 0.4) is 0 Å². The summed E-state index contributed by atoms with van der Waals surface area (Å²) in [7, 11) is 0. The Labute approximate surface area is 166 Å². The number of anilines is 1. The van der Waals surface area contributed by atoms with E-state index in [0.717, 1.165) is 22.4 Å². The number of nitrogens with zero attached hydrogens (tertiary/aromatic N) is 3. The summed E-state index contributed by atoms with van der Waals surface area (Å²) in [5, 5.41) is 12.5. The van der Waals surface area contributed by atoms with Crippen LogP contribution in [0.15, 0.2) is 47.6 Å². The molecule has 7 nitrogen and oxygen atoms in total. The summed E-state index contributed by atoms with van der Waals surface area (Å²) in [6.45, 7) is -1.27. The van der Waals surface area contributed by atoms with Gasteiger partial charge in [0.1, 0.15) is 0 Å². The highest BCUT2D eigenvalue weighted by molar-refractivity contribution is 8.00. The van der Waals surface area contributed by atoms with Crippen LogP contribution in [0.25, 0.3) is 11.0 Å². The molecule has 0 radical (unpaired) electrons. The van der Waals surface area contributed by atoms with Gasteiger partial charge in [0, 0.05) is 12.1 Å². The van der Waals surface area contributed by atoms with Gasteiger partial charge in [-0.3, -0.25) is 19.5 Å². The van der Waals surface area contributed by atoms with Gasteiger partial charge in [0.05, 0.1) is 31.9 Å². The molecule has 1 amide bonds. The number of thioether (sulfide) groups is 1. The summed E-state index contributed by atoms with van der Waals surface area (Å²) in [6.07, 6.45) is 0. The number of amides is 1. The first-order chi connectivity index (χ1) is 13.3. The van der Waals surface area contributed by atoms with Gasteiger partial charge in [-0.1, -0.05) is 35.5 Å². The Bertz CT molecular complexity index is 1060. The second-order valence-corrected chi connectivity index (χ2v) is 7.42. The Morgan fingerprint density at radius 1 is 1.32 bits per heavy atom. The van der Waals surface area contributed by atoms with Crippen LogP contribution in [0.1, 0.15) is 13.5 Å². The average Bonchev–Trinajstić information content (AvgIpc) is 3.00. The van der Waals surface area contributed by atoms with Gasteiger partial charge < -0.3 is 5.32 Å². The van der Waals surface area contributed by atoms with E-state index in [2.05, 4.69) is 10.3 Å². The number of carbonyl (C=O) groups is 1. The van der Waals surface area contributed by atoms with Crippen molar-refractivity contribution >= 4 is 51.7 Å². The minimum absolute atomic E-state index is 0.000399. The van der Waals surface area contributed by atoms with E-state index in [9.17, 15) is 23.7 Å². The second kappa shape index (κ2) is 8.11. The Kier molecular flexibility index (Phi) is 5.80. The molecule has 1 aromatic heterocycles. The van der Waals surface area contributed by atoms with Crippen LogP contribution in [0.5, 0.6) is 0 Å². The number of para-hydroxylation sites is 2. The van der Waals surface area contributed by atoms with Crippen molar-refractivity contribution in [1.29, 1.82) is 0 Å². The number of rotatable bonds is 6. The molecule has 3 rings (SSSR count). The third-order valence-corrected chi connectivity index (χ3v) is 5.21. The zero-order valence-corrected chi connectivity index (χ0v) is 15.9. The first kappa shape index (κ1) is 20.0. The van der Waals surface area contributed by atoms with Gasteiger partial charge in [-0.15, -0.1) is 0 Å². The number of imidazole rings is 1. The van der Waals surface area contributed by atoms with Crippen molar-refractivity contribution in [2.24, 2.45) is 0 Å². The third kappa shape index (κ3) is 4.07. The molecule has 0 saturated carbocycles. The summed E-state index contributed by atoms with van der Waals surface area (Å²) in [5.74, 6) is -0.506. The molecule has 2 aromatic carbocycles. The summed E-state index contributed by atoms with van der Waals surface area (Å²) >= 11 is 6.84. The molecule has 28 heavy (non-hydrogen) atoms. The van der Waals surface area contributed by atoms with Crippen molar-refractivity contribution in [3.63, 3.8) is 0 Å². The van der Waals surface area contributed by atoms with E-state index in [-0.39, 0.29) is 27.1 Å². The monoisotopic (exact) mass is 426 g/mol. The van der Waals surface area contributed by atoms with E-state index in [1.165, 1.54) is 25.1 Å². The number of nitro groups is 1. The molecule has 0 aliphatic carbocycles. The van der Waals surface area contributed by atoms with Crippen molar-refractivity contribution < 1.29 is 18.5 Å². The highest BCUT2D eigenvalue weighted by Crippen LogP contribution is 2.32. The highest BCUT2D eigenvalue weighted by atomic mass is 35.5. The lowest BCUT2D eigenvalue weighted by Gasteiger charge is -2.13. The van der Waals surface area contributed by atoms with E-state index in [1.807, 2.05) is 0 Å². The van der Waals surface area contributed by atoms with E-state index in [1.54, 1.807) is 18.2 Å². The first-order valence-electron chi connectivity index (χ1n) is 7.94. The fourth-order valence-electron chi connectivity index (χ4n) is 2.46. The summed E-state index contributed by atoms with van der Waals surface area (Å²) < 4.78 is 27.7. The maximum Gasteiger partial charge on any atom is 0.321 e. The lowest BCUT2D eigenvalue weighted by Crippen LogP contribution is -2.23.